The molecule has 69 heavy (non-hydrogen) atoms. The standard InChI is InChI=1S/C63H120O6/c1-2-3-4-5-6-7-8-9-10-11-12-13-14-15-16-17-18-19-20-21-22-23-24-25-26-27-28-29-30-31-32-33-34-35-36-37-38-39-40-41-42-43-44-45-46-47-48-49-50-51-52-53-54-60-55-61(66)68-58-63(56-64,57-65)59-69-62(60)67/h39-40,60,64-65H,2-38,41-59H2,1H3/b40-39+. The Balaban J connectivity index is 1.69. The highest BCUT2D eigenvalue weighted by Crippen LogP contribution is 2.25. The fourth-order valence-electron chi connectivity index (χ4n) is 10.4. The monoisotopic (exact) mass is 973 g/mol. The third kappa shape index (κ3) is 45.0. The maximum atomic E-state index is 12.5. The maximum absolute atomic E-state index is 12.5. The van der Waals surface area contributed by atoms with Gasteiger partial charge in [0.25, 0.3) is 0 Å². The highest BCUT2D eigenvalue weighted by Gasteiger charge is 2.36. The molecule has 6 heteroatoms. The molecule has 0 aliphatic carbocycles. The summed E-state index contributed by atoms with van der Waals surface area (Å²) >= 11 is 0. The normalized spacial score (nSPS) is 15.4. The molecule has 1 rings (SSSR count). The summed E-state index contributed by atoms with van der Waals surface area (Å²) in [5.41, 5.74) is -1.12. The van der Waals surface area contributed by atoms with Gasteiger partial charge in [0.15, 0.2) is 0 Å². The number of unbranched alkanes of at least 4 members (excludes halogenated alkanes) is 48. The Kier molecular flexibility index (Phi) is 50.3. The third-order valence-corrected chi connectivity index (χ3v) is 15.5. The SMILES string of the molecule is CCCCCCCCCCCCCCCCCCCCCCCCCCCCCCCCCCCCCC/C=C/CCCCCCCCCCCCCCC1CC(=O)OCC(CO)(CO)COC1=O. The van der Waals surface area contributed by atoms with E-state index in [1.165, 1.54) is 302 Å². The van der Waals surface area contributed by atoms with Crippen LogP contribution in [0.3, 0.4) is 0 Å². The number of allylic oxidation sites excluding steroid dienone is 2. The molecule has 0 bridgehead atoms. The second-order valence-electron chi connectivity index (χ2n) is 22.4. The largest absolute Gasteiger partial charge is 0.465 e. The van der Waals surface area contributed by atoms with E-state index in [1.807, 2.05) is 0 Å². The van der Waals surface area contributed by atoms with Crippen molar-refractivity contribution in [3.63, 3.8) is 0 Å². The topological polar surface area (TPSA) is 93.1 Å². The predicted molar refractivity (Wildman–Crippen MR) is 297 cm³/mol. The van der Waals surface area contributed by atoms with Gasteiger partial charge in [-0.2, -0.15) is 0 Å². The van der Waals surface area contributed by atoms with Crippen molar-refractivity contribution in [1.82, 2.24) is 0 Å². The second kappa shape index (κ2) is 52.9. The van der Waals surface area contributed by atoms with Gasteiger partial charge in [-0.25, -0.2) is 0 Å². The van der Waals surface area contributed by atoms with Crippen molar-refractivity contribution in [1.29, 1.82) is 0 Å². The van der Waals surface area contributed by atoms with Crippen LogP contribution in [0.5, 0.6) is 0 Å². The predicted octanol–water partition coefficient (Wildman–Crippen LogP) is 19.5. The van der Waals surface area contributed by atoms with Crippen molar-refractivity contribution >= 4 is 11.9 Å². The van der Waals surface area contributed by atoms with Gasteiger partial charge in [-0.15, -0.1) is 0 Å². The molecule has 6 nitrogen and oxygen atoms in total. The first-order valence-corrected chi connectivity index (χ1v) is 31.3. The van der Waals surface area contributed by atoms with Crippen LogP contribution in [0.25, 0.3) is 0 Å². The summed E-state index contributed by atoms with van der Waals surface area (Å²) in [5, 5.41) is 19.2. The Labute approximate surface area is 430 Å². The van der Waals surface area contributed by atoms with E-state index in [0.29, 0.717) is 6.42 Å². The fraction of sp³-hybridized carbons (Fsp3) is 0.937. The van der Waals surface area contributed by atoms with Gasteiger partial charge in [0, 0.05) is 0 Å². The van der Waals surface area contributed by atoms with E-state index in [9.17, 15) is 19.8 Å². The number of esters is 2. The lowest BCUT2D eigenvalue weighted by Gasteiger charge is -2.27. The van der Waals surface area contributed by atoms with Gasteiger partial charge in [-0.3, -0.25) is 9.59 Å². The minimum absolute atomic E-state index is 0.00229. The summed E-state index contributed by atoms with van der Waals surface area (Å²) < 4.78 is 10.6. The molecule has 0 saturated carbocycles. The van der Waals surface area contributed by atoms with Crippen LogP contribution < -0.4 is 0 Å². The maximum Gasteiger partial charge on any atom is 0.309 e. The van der Waals surface area contributed by atoms with Crippen LogP contribution in [-0.4, -0.2) is 48.6 Å². The number of rotatable bonds is 54. The summed E-state index contributed by atoms with van der Waals surface area (Å²) in [5.74, 6) is -1.40. The zero-order chi connectivity index (χ0) is 49.7. The lowest BCUT2D eigenvalue weighted by molar-refractivity contribution is -0.155. The molecule has 1 heterocycles. The van der Waals surface area contributed by atoms with Gasteiger partial charge in [-0.1, -0.05) is 314 Å². The molecular formula is C63H120O6. The summed E-state index contributed by atoms with van der Waals surface area (Å²) in [4.78, 5) is 24.7. The van der Waals surface area contributed by atoms with E-state index in [2.05, 4.69) is 19.1 Å². The molecule has 1 saturated heterocycles. The lowest BCUT2D eigenvalue weighted by atomic mass is 9.92. The highest BCUT2D eigenvalue weighted by atomic mass is 16.6. The molecule has 0 spiro atoms. The number of carbonyl (C=O) groups is 2. The van der Waals surface area contributed by atoms with Crippen molar-refractivity contribution < 1.29 is 29.3 Å². The van der Waals surface area contributed by atoms with Gasteiger partial charge in [0.1, 0.15) is 13.2 Å². The highest BCUT2D eigenvalue weighted by molar-refractivity contribution is 5.80. The summed E-state index contributed by atoms with van der Waals surface area (Å²) in [6, 6.07) is 0. The average molecular weight is 974 g/mol. The Bertz CT molecular complexity index is 1090. The molecular weight excluding hydrogens is 853 g/mol. The molecule has 0 radical (unpaired) electrons. The second-order valence-corrected chi connectivity index (χ2v) is 22.4. The number of cyclic esters (lactones) is 2. The zero-order valence-corrected chi connectivity index (χ0v) is 46.4. The molecule has 0 amide bonds. The quantitative estimate of drug-likeness (QED) is 0.0358. The van der Waals surface area contributed by atoms with Crippen LogP contribution in [0, 0.1) is 11.3 Å². The third-order valence-electron chi connectivity index (χ3n) is 15.5. The van der Waals surface area contributed by atoms with Crippen LogP contribution >= 0.6 is 0 Å². The van der Waals surface area contributed by atoms with Crippen molar-refractivity contribution in [3.8, 4) is 0 Å². The number of hydrogen-bond donors (Lipinski definition) is 2. The Morgan fingerprint density at radius 2 is 0.623 bits per heavy atom. The summed E-state index contributed by atoms with van der Waals surface area (Å²) in [6.07, 6.45) is 75.7. The molecule has 0 aromatic rings. The Morgan fingerprint density at radius 3 is 0.899 bits per heavy atom. The first-order chi connectivity index (χ1) is 34.1. The van der Waals surface area contributed by atoms with Crippen LogP contribution in [-0.2, 0) is 19.1 Å². The minimum Gasteiger partial charge on any atom is -0.465 e. The van der Waals surface area contributed by atoms with E-state index >= 15 is 0 Å². The van der Waals surface area contributed by atoms with Crippen molar-refractivity contribution in [2.24, 2.45) is 11.3 Å². The first kappa shape index (κ1) is 65.6. The fourth-order valence-corrected chi connectivity index (χ4v) is 10.4. The van der Waals surface area contributed by atoms with E-state index in [-0.39, 0.29) is 19.6 Å². The molecule has 0 aromatic heterocycles. The number of hydrogen-bond acceptors (Lipinski definition) is 6. The number of aliphatic hydroxyl groups excluding tert-OH is 2. The van der Waals surface area contributed by atoms with Crippen LogP contribution in [0.4, 0.5) is 0 Å². The Morgan fingerprint density at radius 1 is 0.377 bits per heavy atom. The van der Waals surface area contributed by atoms with Crippen molar-refractivity contribution in [3.05, 3.63) is 12.2 Å². The van der Waals surface area contributed by atoms with Gasteiger partial charge in [0.2, 0.25) is 0 Å². The number of ether oxygens (including phenoxy) is 2. The van der Waals surface area contributed by atoms with Crippen molar-refractivity contribution in [2.75, 3.05) is 26.4 Å². The summed E-state index contributed by atoms with van der Waals surface area (Å²) in [7, 11) is 0. The molecule has 1 aliphatic rings. The Hall–Kier alpha value is -1.40. The van der Waals surface area contributed by atoms with E-state index in [0.717, 1.165) is 19.3 Å². The molecule has 1 unspecified atom stereocenters. The van der Waals surface area contributed by atoms with E-state index in [4.69, 9.17) is 9.47 Å². The summed E-state index contributed by atoms with van der Waals surface area (Å²) in [6.45, 7) is 1.21. The molecule has 408 valence electrons. The average Bonchev–Trinajstić information content (AvgIpc) is 3.41. The number of aliphatic hydroxyl groups is 2. The van der Waals surface area contributed by atoms with Gasteiger partial charge >= 0.3 is 11.9 Å². The van der Waals surface area contributed by atoms with Crippen molar-refractivity contribution in [2.45, 2.75) is 341 Å². The van der Waals surface area contributed by atoms with Crippen LogP contribution in [0.1, 0.15) is 341 Å². The van der Waals surface area contributed by atoms with Gasteiger partial charge < -0.3 is 19.7 Å². The van der Waals surface area contributed by atoms with Crippen LogP contribution in [0.15, 0.2) is 12.2 Å². The van der Waals surface area contributed by atoms with E-state index < -0.39 is 36.5 Å². The van der Waals surface area contributed by atoms with Gasteiger partial charge in [-0.05, 0) is 32.1 Å². The molecule has 2 N–H and O–H groups in total. The number of carbonyl (C=O) groups excluding carboxylic acids is 2. The van der Waals surface area contributed by atoms with E-state index in [1.54, 1.807) is 0 Å². The van der Waals surface area contributed by atoms with Crippen LogP contribution in [0.2, 0.25) is 0 Å². The molecule has 1 atom stereocenters. The lowest BCUT2D eigenvalue weighted by Crippen LogP contribution is -2.40. The van der Waals surface area contributed by atoms with Gasteiger partial charge in [0.05, 0.1) is 31.0 Å². The first-order valence-electron chi connectivity index (χ1n) is 31.3. The zero-order valence-electron chi connectivity index (χ0n) is 46.4. The molecule has 1 fully saturated rings. The smallest absolute Gasteiger partial charge is 0.309 e. The molecule has 0 aromatic carbocycles. The molecule has 1 aliphatic heterocycles. The minimum atomic E-state index is -1.12.